The second-order valence-corrected chi connectivity index (χ2v) is 7.29. The van der Waals surface area contributed by atoms with Crippen LogP contribution < -0.4 is 0 Å². The summed E-state index contributed by atoms with van der Waals surface area (Å²) >= 11 is 3.39. The van der Waals surface area contributed by atoms with Gasteiger partial charge in [-0.1, -0.05) is 40.7 Å². The summed E-state index contributed by atoms with van der Waals surface area (Å²) in [4.78, 5) is 11.1. The lowest BCUT2D eigenvalue weighted by molar-refractivity contribution is 0.0696. The quantitative estimate of drug-likeness (QED) is 0.408. The lowest BCUT2D eigenvalue weighted by Crippen LogP contribution is -2.04. The molecule has 1 aromatic carbocycles. The first-order valence-electron chi connectivity index (χ1n) is 8.90. The molecule has 2 rings (SSSR count). The van der Waals surface area contributed by atoms with Gasteiger partial charge < -0.3 is 14.4 Å². The van der Waals surface area contributed by atoms with Crippen molar-refractivity contribution in [2.75, 3.05) is 7.11 Å². The molecule has 0 spiro atoms. The Morgan fingerprint density at radius 1 is 1.21 bits per heavy atom. The number of halogens is 1. The van der Waals surface area contributed by atoms with Crippen LogP contribution in [0.25, 0.3) is 5.69 Å². The largest absolute Gasteiger partial charge is 0.497 e. The first-order chi connectivity index (χ1) is 13.2. The molecule has 0 fully saturated rings. The molecule has 4 nitrogen and oxygen atoms in total. The first-order valence-corrected chi connectivity index (χ1v) is 9.70. The first kappa shape index (κ1) is 23.5. The summed E-state index contributed by atoms with van der Waals surface area (Å²) in [7, 11) is 1.61. The molecule has 0 amide bonds. The molecule has 0 saturated carbocycles. The van der Waals surface area contributed by atoms with Gasteiger partial charge in [-0.25, -0.2) is 4.79 Å². The van der Waals surface area contributed by atoms with Gasteiger partial charge in [0.1, 0.15) is 5.76 Å². The second-order valence-electron chi connectivity index (χ2n) is 6.27. The van der Waals surface area contributed by atoms with Crippen molar-refractivity contribution in [1.29, 1.82) is 0 Å². The van der Waals surface area contributed by atoms with Crippen molar-refractivity contribution in [3.8, 4) is 5.69 Å². The SMILES string of the molecule is C=C(/C=C\C/C(Br)=C\C)OC.Cc1ccc(-n2c(C)ccc2C)cc1C(=O)O. The van der Waals surface area contributed by atoms with Crippen LogP contribution in [0.2, 0.25) is 0 Å². The van der Waals surface area contributed by atoms with E-state index < -0.39 is 5.97 Å². The standard InChI is InChI=1S/C14H15NO2.C9H13BrO/c1-9-4-7-12(8-13(9)14(16)17)15-10(2)5-6-11(15)3;1-4-9(10)7-5-6-8(2)11-3/h4-8H,1-3H3,(H,16,17);4-6H,2,7H2,1,3H3/b;6-5-,9-4+. The fourth-order valence-corrected chi connectivity index (χ4v) is 2.73. The number of benzene rings is 1. The van der Waals surface area contributed by atoms with E-state index in [0.717, 1.165) is 33.5 Å². The summed E-state index contributed by atoms with van der Waals surface area (Å²) in [6.45, 7) is 11.5. The zero-order valence-corrected chi connectivity index (χ0v) is 18.7. The van der Waals surface area contributed by atoms with Crippen molar-refractivity contribution in [2.24, 2.45) is 0 Å². The number of hydrogen-bond donors (Lipinski definition) is 1. The third-order valence-electron chi connectivity index (χ3n) is 4.17. The number of ether oxygens (including phenoxy) is 1. The molecule has 150 valence electrons. The third-order valence-corrected chi connectivity index (χ3v) is 4.95. The Kier molecular flexibility index (Phi) is 9.52. The van der Waals surface area contributed by atoms with E-state index in [1.54, 1.807) is 13.2 Å². The molecule has 0 bridgehead atoms. The number of carboxylic acids is 1. The molecule has 0 aliphatic heterocycles. The number of aromatic nitrogens is 1. The number of carboxylic acid groups (broad SMARTS) is 1. The van der Waals surface area contributed by atoms with E-state index >= 15 is 0 Å². The topological polar surface area (TPSA) is 51.5 Å². The smallest absolute Gasteiger partial charge is 0.336 e. The Morgan fingerprint density at radius 2 is 1.82 bits per heavy atom. The molecule has 5 heteroatoms. The predicted octanol–water partition coefficient (Wildman–Crippen LogP) is 6.49. The lowest BCUT2D eigenvalue weighted by Gasteiger charge is -2.11. The van der Waals surface area contributed by atoms with Crippen molar-refractivity contribution in [3.63, 3.8) is 0 Å². The van der Waals surface area contributed by atoms with Gasteiger partial charge in [0.05, 0.1) is 12.7 Å². The van der Waals surface area contributed by atoms with Crippen LogP contribution >= 0.6 is 15.9 Å². The molecule has 1 heterocycles. The minimum absolute atomic E-state index is 0.356. The Morgan fingerprint density at radius 3 is 2.32 bits per heavy atom. The summed E-state index contributed by atoms with van der Waals surface area (Å²) in [5, 5.41) is 9.12. The van der Waals surface area contributed by atoms with Gasteiger partial charge in [0, 0.05) is 17.1 Å². The predicted molar refractivity (Wildman–Crippen MR) is 120 cm³/mol. The maximum Gasteiger partial charge on any atom is 0.336 e. The summed E-state index contributed by atoms with van der Waals surface area (Å²) in [6, 6.07) is 9.56. The Balaban J connectivity index is 0.000000311. The van der Waals surface area contributed by atoms with E-state index in [-0.39, 0.29) is 0 Å². The van der Waals surface area contributed by atoms with Crippen LogP contribution in [0.1, 0.15) is 40.7 Å². The minimum Gasteiger partial charge on any atom is -0.497 e. The summed E-state index contributed by atoms with van der Waals surface area (Å²) in [5.41, 5.74) is 4.23. The fraction of sp³-hybridized carbons (Fsp3) is 0.261. The van der Waals surface area contributed by atoms with Crippen LogP contribution in [0.3, 0.4) is 0 Å². The zero-order valence-electron chi connectivity index (χ0n) is 17.1. The average molecular weight is 446 g/mol. The third kappa shape index (κ3) is 6.89. The highest BCUT2D eigenvalue weighted by atomic mass is 79.9. The van der Waals surface area contributed by atoms with Gasteiger partial charge in [-0.15, -0.1) is 0 Å². The van der Waals surface area contributed by atoms with E-state index in [1.807, 2.05) is 74.8 Å². The van der Waals surface area contributed by atoms with Crippen molar-refractivity contribution in [2.45, 2.75) is 34.1 Å². The van der Waals surface area contributed by atoms with Gasteiger partial charge in [-0.3, -0.25) is 0 Å². The molecule has 1 aromatic heterocycles. The number of nitrogens with zero attached hydrogens (tertiary/aromatic N) is 1. The van der Waals surface area contributed by atoms with E-state index in [9.17, 15) is 4.79 Å². The molecule has 0 aliphatic rings. The van der Waals surface area contributed by atoms with Crippen molar-refractivity contribution in [3.05, 3.63) is 87.9 Å². The fourth-order valence-electron chi connectivity index (χ4n) is 2.54. The number of aromatic carboxylic acids is 1. The number of hydrogen-bond acceptors (Lipinski definition) is 2. The highest BCUT2D eigenvalue weighted by Crippen LogP contribution is 2.19. The summed E-state index contributed by atoms with van der Waals surface area (Å²) in [6.07, 6.45) is 6.75. The Hall–Kier alpha value is -2.53. The van der Waals surface area contributed by atoms with Gasteiger partial charge in [-0.05, 0) is 74.5 Å². The molecule has 0 unspecified atom stereocenters. The Labute approximate surface area is 176 Å². The van der Waals surface area contributed by atoms with Crippen molar-refractivity contribution < 1.29 is 14.6 Å². The molecular weight excluding hydrogens is 418 g/mol. The van der Waals surface area contributed by atoms with Crippen LogP contribution in [-0.4, -0.2) is 22.8 Å². The van der Waals surface area contributed by atoms with Crippen molar-refractivity contribution in [1.82, 2.24) is 4.57 Å². The number of rotatable bonds is 6. The zero-order chi connectivity index (χ0) is 21.3. The van der Waals surface area contributed by atoms with Gasteiger partial charge in [0.25, 0.3) is 0 Å². The van der Waals surface area contributed by atoms with E-state index in [1.165, 1.54) is 0 Å². The highest BCUT2D eigenvalue weighted by molar-refractivity contribution is 9.11. The monoisotopic (exact) mass is 445 g/mol. The summed E-state index contributed by atoms with van der Waals surface area (Å²) in [5.74, 6) is -0.201. The van der Waals surface area contributed by atoms with E-state index in [0.29, 0.717) is 11.3 Å². The molecule has 0 saturated heterocycles. The second kappa shape index (κ2) is 11.3. The number of carbonyl (C=O) groups is 1. The van der Waals surface area contributed by atoms with Gasteiger partial charge in [0.15, 0.2) is 0 Å². The van der Waals surface area contributed by atoms with Crippen LogP contribution in [0.5, 0.6) is 0 Å². The van der Waals surface area contributed by atoms with Crippen LogP contribution in [-0.2, 0) is 4.74 Å². The maximum absolute atomic E-state index is 11.1. The molecule has 0 aliphatic carbocycles. The normalized spacial score (nSPS) is 11.1. The highest BCUT2D eigenvalue weighted by Gasteiger charge is 2.10. The Bertz CT molecular complexity index is 872. The number of methoxy groups -OCH3 is 1. The molecule has 1 N–H and O–H groups in total. The molecule has 28 heavy (non-hydrogen) atoms. The number of allylic oxidation sites excluding steroid dienone is 4. The van der Waals surface area contributed by atoms with Crippen LogP contribution in [0, 0.1) is 20.8 Å². The van der Waals surface area contributed by atoms with Crippen LogP contribution in [0.4, 0.5) is 0 Å². The van der Waals surface area contributed by atoms with Gasteiger partial charge >= 0.3 is 5.97 Å². The van der Waals surface area contributed by atoms with Gasteiger partial charge in [0.2, 0.25) is 0 Å². The van der Waals surface area contributed by atoms with Gasteiger partial charge in [-0.2, -0.15) is 0 Å². The summed E-state index contributed by atoms with van der Waals surface area (Å²) < 4.78 is 8.06. The molecular formula is C23H28BrNO3. The number of aryl methyl sites for hydroxylation is 3. The molecule has 2 aromatic rings. The average Bonchev–Trinajstić information content (AvgIpc) is 3.00. The van der Waals surface area contributed by atoms with E-state index in [2.05, 4.69) is 22.5 Å². The lowest BCUT2D eigenvalue weighted by atomic mass is 10.1. The minimum atomic E-state index is -0.883. The van der Waals surface area contributed by atoms with E-state index in [4.69, 9.17) is 9.84 Å². The molecule has 0 radical (unpaired) electrons. The maximum atomic E-state index is 11.1. The molecule has 0 atom stereocenters. The van der Waals surface area contributed by atoms with Crippen molar-refractivity contribution >= 4 is 21.9 Å². The van der Waals surface area contributed by atoms with Crippen LogP contribution in [0.15, 0.2) is 65.4 Å².